The number of ether oxygens (including phenoxy) is 2. The van der Waals surface area contributed by atoms with Gasteiger partial charge < -0.3 is 19.5 Å². The lowest BCUT2D eigenvalue weighted by atomic mass is 9.88. The summed E-state index contributed by atoms with van der Waals surface area (Å²) in [7, 11) is 2.14. The first kappa shape index (κ1) is 15.3. The highest BCUT2D eigenvalue weighted by Crippen LogP contribution is 2.35. The molecule has 1 aromatic rings. The molecule has 0 saturated carbocycles. The Morgan fingerprint density at radius 1 is 1.36 bits per heavy atom. The molecule has 2 aliphatic heterocycles. The summed E-state index contributed by atoms with van der Waals surface area (Å²) >= 11 is 0. The van der Waals surface area contributed by atoms with E-state index in [2.05, 4.69) is 11.9 Å². The van der Waals surface area contributed by atoms with Gasteiger partial charge in [-0.05, 0) is 56.6 Å². The topological polar surface area (TPSA) is 59.0 Å². The van der Waals surface area contributed by atoms with E-state index in [9.17, 15) is 9.90 Å². The Morgan fingerprint density at radius 2 is 2.09 bits per heavy atom. The number of carbonyl (C=O) groups is 1. The van der Waals surface area contributed by atoms with E-state index in [0.29, 0.717) is 18.4 Å². The molecular weight excluding hydrogens is 282 g/mol. The SMILES string of the molecule is CN1CCC(c2ccc(C(=O)O)cc2OCC2COC2)CC1. The van der Waals surface area contributed by atoms with Crippen molar-refractivity contribution in [2.24, 2.45) is 5.92 Å². The highest BCUT2D eigenvalue weighted by atomic mass is 16.5. The number of hydrogen-bond acceptors (Lipinski definition) is 4. The van der Waals surface area contributed by atoms with Crippen LogP contribution < -0.4 is 4.74 Å². The molecule has 0 aliphatic carbocycles. The van der Waals surface area contributed by atoms with Gasteiger partial charge in [-0.2, -0.15) is 0 Å². The molecule has 2 fully saturated rings. The van der Waals surface area contributed by atoms with E-state index in [1.54, 1.807) is 12.1 Å². The number of likely N-dealkylation sites (tertiary alicyclic amines) is 1. The molecule has 1 N–H and O–H groups in total. The zero-order valence-corrected chi connectivity index (χ0v) is 13.0. The van der Waals surface area contributed by atoms with Crippen molar-refractivity contribution in [3.63, 3.8) is 0 Å². The molecule has 3 rings (SSSR count). The van der Waals surface area contributed by atoms with Crippen LogP contribution in [-0.2, 0) is 4.74 Å². The third-order valence-corrected chi connectivity index (χ3v) is 4.60. The van der Waals surface area contributed by atoms with Crippen molar-refractivity contribution < 1.29 is 19.4 Å². The summed E-state index contributed by atoms with van der Waals surface area (Å²) in [6, 6.07) is 5.30. The minimum absolute atomic E-state index is 0.288. The van der Waals surface area contributed by atoms with Gasteiger partial charge in [0.25, 0.3) is 0 Å². The summed E-state index contributed by atoms with van der Waals surface area (Å²) in [6.45, 7) is 4.22. The third kappa shape index (κ3) is 3.42. The normalized spacial score (nSPS) is 20.6. The first-order valence-electron chi connectivity index (χ1n) is 7.90. The molecule has 2 aliphatic rings. The Morgan fingerprint density at radius 3 is 2.68 bits per heavy atom. The molecule has 2 saturated heterocycles. The second-order valence-electron chi connectivity index (χ2n) is 6.35. The summed E-state index contributed by atoms with van der Waals surface area (Å²) in [5.41, 5.74) is 1.44. The van der Waals surface area contributed by atoms with Crippen LogP contribution in [0.15, 0.2) is 18.2 Å². The minimum Gasteiger partial charge on any atom is -0.493 e. The Kier molecular flexibility index (Phi) is 4.64. The van der Waals surface area contributed by atoms with Gasteiger partial charge in [0.1, 0.15) is 5.75 Å². The van der Waals surface area contributed by atoms with Gasteiger partial charge in [0, 0.05) is 5.92 Å². The first-order valence-corrected chi connectivity index (χ1v) is 7.90. The summed E-state index contributed by atoms with van der Waals surface area (Å²) in [6.07, 6.45) is 2.18. The summed E-state index contributed by atoms with van der Waals surface area (Å²) in [5.74, 6) is 0.707. The number of carboxylic acids is 1. The van der Waals surface area contributed by atoms with Crippen molar-refractivity contribution in [2.45, 2.75) is 18.8 Å². The average Bonchev–Trinajstić information content (AvgIpc) is 2.46. The lowest BCUT2D eigenvalue weighted by Gasteiger charge is -2.31. The maximum absolute atomic E-state index is 11.2. The first-order chi connectivity index (χ1) is 10.6. The number of piperidine rings is 1. The van der Waals surface area contributed by atoms with Crippen LogP contribution in [-0.4, -0.2) is 55.9 Å². The molecule has 0 aromatic heterocycles. The molecule has 2 heterocycles. The van der Waals surface area contributed by atoms with Crippen LogP contribution >= 0.6 is 0 Å². The highest BCUT2D eigenvalue weighted by molar-refractivity contribution is 5.88. The second kappa shape index (κ2) is 6.67. The van der Waals surface area contributed by atoms with E-state index in [-0.39, 0.29) is 5.56 Å². The summed E-state index contributed by atoms with van der Waals surface area (Å²) < 4.78 is 11.1. The van der Waals surface area contributed by atoms with E-state index < -0.39 is 5.97 Å². The van der Waals surface area contributed by atoms with Crippen LogP contribution in [0.3, 0.4) is 0 Å². The van der Waals surface area contributed by atoms with Gasteiger partial charge in [-0.1, -0.05) is 6.07 Å². The fourth-order valence-corrected chi connectivity index (χ4v) is 3.04. The van der Waals surface area contributed by atoms with Crippen molar-refractivity contribution in [3.8, 4) is 5.75 Å². The van der Waals surface area contributed by atoms with Gasteiger partial charge >= 0.3 is 5.97 Å². The zero-order valence-electron chi connectivity index (χ0n) is 13.0. The fourth-order valence-electron chi connectivity index (χ4n) is 3.04. The molecule has 120 valence electrons. The van der Waals surface area contributed by atoms with Crippen LogP contribution in [0.1, 0.15) is 34.7 Å². The minimum atomic E-state index is -0.910. The molecule has 5 nitrogen and oxygen atoms in total. The molecule has 0 unspecified atom stereocenters. The molecule has 0 spiro atoms. The van der Waals surface area contributed by atoms with Gasteiger partial charge in [-0.15, -0.1) is 0 Å². The Bertz CT molecular complexity index is 533. The van der Waals surface area contributed by atoms with Crippen molar-refractivity contribution in [2.75, 3.05) is 40.0 Å². The molecule has 0 radical (unpaired) electrons. The van der Waals surface area contributed by atoms with Crippen LogP contribution in [0.2, 0.25) is 0 Å². The third-order valence-electron chi connectivity index (χ3n) is 4.60. The highest BCUT2D eigenvalue weighted by Gasteiger charge is 2.24. The van der Waals surface area contributed by atoms with Crippen LogP contribution in [0.5, 0.6) is 5.75 Å². The quantitative estimate of drug-likeness (QED) is 0.904. The summed E-state index contributed by atoms with van der Waals surface area (Å²) in [4.78, 5) is 13.5. The van der Waals surface area contributed by atoms with Crippen LogP contribution in [0, 0.1) is 5.92 Å². The molecule has 0 bridgehead atoms. The molecule has 0 atom stereocenters. The van der Waals surface area contributed by atoms with Gasteiger partial charge in [0.15, 0.2) is 0 Å². The van der Waals surface area contributed by atoms with Crippen molar-refractivity contribution in [1.82, 2.24) is 4.90 Å². The maximum Gasteiger partial charge on any atom is 0.335 e. The molecular formula is C17H23NO4. The zero-order chi connectivity index (χ0) is 15.5. The average molecular weight is 305 g/mol. The predicted molar refractivity (Wildman–Crippen MR) is 82.7 cm³/mol. The lowest BCUT2D eigenvalue weighted by Crippen LogP contribution is -2.33. The number of rotatable bonds is 5. The van der Waals surface area contributed by atoms with E-state index in [0.717, 1.165) is 50.5 Å². The predicted octanol–water partition coefficient (Wildman–Crippen LogP) is 2.22. The Hall–Kier alpha value is -1.59. The molecule has 0 amide bonds. The van der Waals surface area contributed by atoms with Crippen molar-refractivity contribution in [3.05, 3.63) is 29.3 Å². The van der Waals surface area contributed by atoms with Crippen molar-refractivity contribution >= 4 is 5.97 Å². The smallest absolute Gasteiger partial charge is 0.335 e. The number of aromatic carboxylic acids is 1. The van der Waals surface area contributed by atoms with E-state index in [1.165, 1.54) is 0 Å². The second-order valence-corrected chi connectivity index (χ2v) is 6.35. The van der Waals surface area contributed by atoms with Gasteiger partial charge in [0.2, 0.25) is 0 Å². The van der Waals surface area contributed by atoms with Gasteiger partial charge in [-0.25, -0.2) is 4.79 Å². The fraction of sp³-hybridized carbons (Fsp3) is 0.588. The van der Waals surface area contributed by atoms with Crippen LogP contribution in [0.25, 0.3) is 0 Å². The number of benzene rings is 1. The lowest BCUT2D eigenvalue weighted by molar-refractivity contribution is -0.0510. The largest absolute Gasteiger partial charge is 0.493 e. The van der Waals surface area contributed by atoms with Crippen LogP contribution in [0.4, 0.5) is 0 Å². The standard InChI is InChI=1S/C17H23NO4/c1-18-6-4-13(5-7-18)15-3-2-14(17(19)20)8-16(15)22-11-12-9-21-10-12/h2-3,8,12-13H,4-7,9-11H2,1H3,(H,19,20). The van der Waals surface area contributed by atoms with E-state index in [1.807, 2.05) is 6.07 Å². The Balaban J connectivity index is 1.78. The van der Waals surface area contributed by atoms with Crippen molar-refractivity contribution in [1.29, 1.82) is 0 Å². The Labute approximate surface area is 130 Å². The maximum atomic E-state index is 11.2. The number of nitrogens with zero attached hydrogens (tertiary/aromatic N) is 1. The van der Waals surface area contributed by atoms with E-state index >= 15 is 0 Å². The molecule has 1 aromatic carbocycles. The molecule has 22 heavy (non-hydrogen) atoms. The van der Waals surface area contributed by atoms with Gasteiger partial charge in [0.05, 0.1) is 25.4 Å². The number of carboxylic acid groups (broad SMARTS) is 1. The number of hydrogen-bond donors (Lipinski definition) is 1. The van der Waals surface area contributed by atoms with Gasteiger partial charge in [-0.3, -0.25) is 0 Å². The summed E-state index contributed by atoms with van der Waals surface area (Å²) in [5, 5.41) is 9.20. The van der Waals surface area contributed by atoms with E-state index in [4.69, 9.17) is 9.47 Å². The molecule has 5 heteroatoms. The monoisotopic (exact) mass is 305 g/mol.